The van der Waals surface area contributed by atoms with Crippen LogP contribution in [0.5, 0.6) is 0 Å². The van der Waals surface area contributed by atoms with E-state index in [2.05, 4.69) is 211 Å². The van der Waals surface area contributed by atoms with E-state index in [0.717, 1.165) is 39.0 Å². The van der Waals surface area contributed by atoms with Crippen molar-refractivity contribution in [3.05, 3.63) is 235 Å². The number of nitrogens with zero attached hydrogens (tertiary/aromatic N) is 1. The van der Waals surface area contributed by atoms with Gasteiger partial charge in [-0.25, -0.2) is 0 Å². The fraction of sp³-hybridized carbons (Fsp3) is 0.0182. The second-order valence-corrected chi connectivity index (χ2v) is 16.2. The van der Waals surface area contributed by atoms with Gasteiger partial charge in [-0.05, 0) is 87.0 Å². The van der Waals surface area contributed by atoms with Crippen molar-refractivity contribution in [3.8, 4) is 22.3 Å². The van der Waals surface area contributed by atoms with Crippen molar-refractivity contribution in [2.75, 3.05) is 4.90 Å². The minimum atomic E-state index is -0.466. The first kappa shape index (κ1) is 33.0. The normalized spacial score (nSPS) is 13.0. The van der Waals surface area contributed by atoms with Gasteiger partial charge in [0.05, 0.1) is 11.1 Å². The Balaban J connectivity index is 1.08. The number of rotatable bonds is 6. The highest BCUT2D eigenvalue weighted by Crippen LogP contribution is 2.57. The van der Waals surface area contributed by atoms with Gasteiger partial charge in [0.15, 0.2) is 5.58 Å². The van der Waals surface area contributed by atoms with Crippen molar-refractivity contribution in [3.63, 3.8) is 0 Å². The zero-order valence-corrected chi connectivity index (χ0v) is 32.3. The van der Waals surface area contributed by atoms with Crippen molar-refractivity contribution < 1.29 is 4.42 Å². The highest BCUT2D eigenvalue weighted by molar-refractivity contribution is 7.26. The molecule has 0 spiro atoms. The Morgan fingerprint density at radius 1 is 0.414 bits per heavy atom. The maximum Gasteiger partial charge on any atom is 0.159 e. The zero-order valence-electron chi connectivity index (χ0n) is 31.5. The zero-order chi connectivity index (χ0) is 38.2. The lowest BCUT2D eigenvalue weighted by atomic mass is 9.68. The van der Waals surface area contributed by atoms with Crippen molar-refractivity contribution >= 4 is 70.5 Å². The third-order valence-corrected chi connectivity index (χ3v) is 13.4. The van der Waals surface area contributed by atoms with E-state index in [1.54, 1.807) is 0 Å². The van der Waals surface area contributed by atoms with Crippen LogP contribution in [-0.2, 0) is 5.41 Å². The molecule has 2 aromatic heterocycles. The van der Waals surface area contributed by atoms with Crippen molar-refractivity contribution in [2.24, 2.45) is 0 Å². The van der Waals surface area contributed by atoms with Gasteiger partial charge >= 0.3 is 0 Å². The van der Waals surface area contributed by atoms with Crippen molar-refractivity contribution in [2.45, 2.75) is 5.41 Å². The van der Waals surface area contributed by atoms with E-state index < -0.39 is 5.41 Å². The summed E-state index contributed by atoms with van der Waals surface area (Å²) in [5.74, 6) is 0. The van der Waals surface area contributed by atoms with Crippen LogP contribution >= 0.6 is 11.3 Å². The van der Waals surface area contributed by atoms with E-state index in [-0.39, 0.29) is 0 Å². The summed E-state index contributed by atoms with van der Waals surface area (Å²) >= 11 is 1.87. The molecule has 58 heavy (non-hydrogen) atoms. The molecule has 3 heteroatoms. The van der Waals surface area contributed by atoms with Crippen LogP contribution in [0.25, 0.3) is 64.4 Å². The SMILES string of the molecule is c1ccc(C2(c3ccccc3)c3ccccc3-c3cc(N(c4ccc(-c5cccc6c5sc5ccccc56)cc4)c4cccc5c4oc4ccccc45)ccc32)cc1. The number of fused-ring (bicyclic) bond motifs is 9. The molecule has 0 unspecified atom stereocenters. The number of para-hydroxylation sites is 2. The average Bonchev–Trinajstić information content (AvgIpc) is 3.96. The fourth-order valence-corrected chi connectivity index (χ4v) is 10.9. The lowest BCUT2D eigenvalue weighted by molar-refractivity contribution is 0.669. The summed E-state index contributed by atoms with van der Waals surface area (Å²) in [6, 6.07) is 77.4. The van der Waals surface area contributed by atoms with Gasteiger partial charge in [-0.1, -0.05) is 170 Å². The van der Waals surface area contributed by atoms with Gasteiger partial charge in [0.25, 0.3) is 0 Å². The van der Waals surface area contributed by atoms with Gasteiger partial charge in [-0.3, -0.25) is 0 Å². The number of benzene rings is 9. The predicted molar refractivity (Wildman–Crippen MR) is 244 cm³/mol. The highest BCUT2D eigenvalue weighted by atomic mass is 32.1. The fourth-order valence-electron chi connectivity index (χ4n) is 9.68. The Bertz CT molecular complexity index is 3300. The van der Waals surface area contributed by atoms with Crippen LogP contribution in [0.1, 0.15) is 22.3 Å². The average molecular weight is 758 g/mol. The molecule has 0 fully saturated rings. The molecule has 272 valence electrons. The summed E-state index contributed by atoms with van der Waals surface area (Å²) < 4.78 is 9.37. The standard InChI is InChI=1S/C55H35NOS/c1-3-15-37(16-4-1)55(38-17-5-2-6-18-38)48-25-10-7-19-42(48)47-35-40(33-34-49(47)55)56(50-26-14-23-45-43-20-8-11-27-51(43)57-53(45)50)39-31-29-36(30-32-39)41-22-13-24-46-44-21-9-12-28-52(44)58-54(41)46/h1-35H. The van der Waals surface area contributed by atoms with Crippen LogP contribution in [-0.4, -0.2) is 0 Å². The molecule has 0 saturated heterocycles. The summed E-state index contributed by atoms with van der Waals surface area (Å²) in [5, 5.41) is 4.84. The summed E-state index contributed by atoms with van der Waals surface area (Å²) in [6.07, 6.45) is 0. The van der Waals surface area contributed by atoms with Gasteiger partial charge in [0, 0.05) is 42.3 Å². The Labute approximate surface area is 340 Å². The molecule has 12 rings (SSSR count). The number of thiophene rings is 1. The van der Waals surface area contributed by atoms with Crippen molar-refractivity contribution in [1.82, 2.24) is 0 Å². The summed E-state index contributed by atoms with van der Waals surface area (Å²) in [6.45, 7) is 0. The Kier molecular flexibility index (Phi) is 7.35. The molecular formula is C55H35NOS. The lowest BCUT2D eigenvalue weighted by Crippen LogP contribution is -2.28. The van der Waals surface area contributed by atoms with Crippen molar-refractivity contribution in [1.29, 1.82) is 0 Å². The van der Waals surface area contributed by atoms with Crippen LogP contribution in [0.2, 0.25) is 0 Å². The first-order valence-corrected chi connectivity index (χ1v) is 20.7. The topological polar surface area (TPSA) is 16.4 Å². The first-order chi connectivity index (χ1) is 28.8. The lowest BCUT2D eigenvalue weighted by Gasteiger charge is -2.34. The predicted octanol–water partition coefficient (Wildman–Crippen LogP) is 15.5. The number of hydrogen-bond acceptors (Lipinski definition) is 3. The summed E-state index contributed by atoms with van der Waals surface area (Å²) in [5.41, 5.74) is 14.4. The molecule has 2 nitrogen and oxygen atoms in total. The molecule has 0 aliphatic heterocycles. The molecule has 11 aromatic rings. The molecule has 0 atom stereocenters. The Hall–Kier alpha value is -7.20. The number of anilines is 3. The van der Waals surface area contributed by atoms with Crippen LogP contribution in [0, 0.1) is 0 Å². The largest absolute Gasteiger partial charge is 0.454 e. The van der Waals surface area contributed by atoms with Crippen LogP contribution in [0.4, 0.5) is 17.1 Å². The number of furan rings is 1. The van der Waals surface area contributed by atoms with Gasteiger partial charge < -0.3 is 9.32 Å². The highest BCUT2D eigenvalue weighted by Gasteiger charge is 2.46. The quantitative estimate of drug-likeness (QED) is 0.168. The number of hydrogen-bond donors (Lipinski definition) is 0. The minimum Gasteiger partial charge on any atom is -0.454 e. The minimum absolute atomic E-state index is 0.466. The van der Waals surface area contributed by atoms with E-state index in [1.165, 1.54) is 64.7 Å². The maximum atomic E-state index is 6.73. The Morgan fingerprint density at radius 2 is 1.02 bits per heavy atom. The van der Waals surface area contributed by atoms with Gasteiger partial charge in [0.2, 0.25) is 0 Å². The van der Waals surface area contributed by atoms with Crippen LogP contribution in [0.15, 0.2) is 217 Å². The molecule has 9 aromatic carbocycles. The van der Waals surface area contributed by atoms with Crippen LogP contribution in [0.3, 0.4) is 0 Å². The molecule has 2 heterocycles. The van der Waals surface area contributed by atoms with E-state index >= 15 is 0 Å². The summed E-state index contributed by atoms with van der Waals surface area (Å²) in [7, 11) is 0. The summed E-state index contributed by atoms with van der Waals surface area (Å²) in [4.78, 5) is 2.38. The maximum absolute atomic E-state index is 6.73. The molecule has 0 N–H and O–H groups in total. The molecule has 0 bridgehead atoms. The second-order valence-electron chi connectivity index (χ2n) is 15.2. The first-order valence-electron chi connectivity index (χ1n) is 19.8. The molecule has 0 radical (unpaired) electrons. The molecular weight excluding hydrogens is 723 g/mol. The van der Waals surface area contributed by atoms with Crippen LogP contribution < -0.4 is 4.90 Å². The van der Waals surface area contributed by atoms with E-state index in [4.69, 9.17) is 4.42 Å². The van der Waals surface area contributed by atoms with E-state index in [0.29, 0.717) is 0 Å². The van der Waals surface area contributed by atoms with E-state index in [9.17, 15) is 0 Å². The third kappa shape index (κ3) is 4.78. The van der Waals surface area contributed by atoms with Gasteiger partial charge in [0.1, 0.15) is 5.58 Å². The Morgan fingerprint density at radius 3 is 1.83 bits per heavy atom. The monoisotopic (exact) mass is 757 g/mol. The molecule has 0 amide bonds. The smallest absolute Gasteiger partial charge is 0.159 e. The van der Waals surface area contributed by atoms with Gasteiger partial charge in [-0.15, -0.1) is 11.3 Å². The molecule has 1 aliphatic carbocycles. The third-order valence-electron chi connectivity index (χ3n) is 12.2. The van der Waals surface area contributed by atoms with Gasteiger partial charge in [-0.2, -0.15) is 0 Å². The second kappa shape index (κ2) is 12.9. The van der Waals surface area contributed by atoms with E-state index in [1.807, 2.05) is 17.4 Å². The molecule has 1 aliphatic rings. The molecule has 0 saturated carbocycles.